The van der Waals surface area contributed by atoms with Crippen LogP contribution in [0.15, 0.2) is 48.5 Å². The van der Waals surface area contributed by atoms with E-state index in [0.29, 0.717) is 5.56 Å². The molecule has 0 aromatic heterocycles. The largest absolute Gasteiger partial charge is 0.366 e. The second kappa shape index (κ2) is 8.84. The van der Waals surface area contributed by atoms with Crippen LogP contribution in [0.2, 0.25) is 0 Å². The summed E-state index contributed by atoms with van der Waals surface area (Å²) in [5.74, 6) is 0.609. The lowest BCUT2D eigenvalue weighted by atomic mass is 9.85. The van der Waals surface area contributed by atoms with Crippen molar-refractivity contribution in [1.82, 2.24) is 0 Å². The van der Waals surface area contributed by atoms with Crippen LogP contribution in [0.5, 0.6) is 0 Å². The van der Waals surface area contributed by atoms with Crippen LogP contribution in [-0.4, -0.2) is 5.91 Å². The summed E-state index contributed by atoms with van der Waals surface area (Å²) in [4.78, 5) is 11.4. The van der Waals surface area contributed by atoms with E-state index in [4.69, 9.17) is 5.73 Å². The molecule has 2 N–H and O–H groups in total. The maximum atomic E-state index is 11.4. The van der Waals surface area contributed by atoms with Crippen LogP contribution in [0, 0.1) is 5.92 Å². The molecule has 1 fully saturated rings. The Balaban J connectivity index is 1.56. The SMILES string of the molecule is NC(=O)c1cccc(-c2cccc(CCCCC3CCCCC3)c2)c1. The minimum Gasteiger partial charge on any atom is -0.366 e. The monoisotopic (exact) mass is 335 g/mol. The Hall–Kier alpha value is -2.09. The van der Waals surface area contributed by atoms with Gasteiger partial charge in [-0.2, -0.15) is 0 Å². The van der Waals surface area contributed by atoms with E-state index in [1.165, 1.54) is 56.9 Å². The molecule has 2 nitrogen and oxygen atoms in total. The third kappa shape index (κ3) is 5.19. The molecule has 0 unspecified atom stereocenters. The first-order valence-electron chi connectivity index (χ1n) is 9.71. The fourth-order valence-corrected chi connectivity index (χ4v) is 4.00. The summed E-state index contributed by atoms with van der Waals surface area (Å²) in [6, 6.07) is 16.3. The third-order valence-corrected chi connectivity index (χ3v) is 5.46. The highest BCUT2D eigenvalue weighted by Gasteiger charge is 2.12. The molecular formula is C23H29NO. The van der Waals surface area contributed by atoms with Crippen molar-refractivity contribution in [2.45, 2.75) is 57.8 Å². The highest BCUT2D eigenvalue weighted by Crippen LogP contribution is 2.28. The van der Waals surface area contributed by atoms with Gasteiger partial charge in [0.2, 0.25) is 5.91 Å². The van der Waals surface area contributed by atoms with Crippen LogP contribution < -0.4 is 5.73 Å². The number of aryl methyl sites for hydroxylation is 1. The highest BCUT2D eigenvalue weighted by molar-refractivity contribution is 5.94. The number of carbonyl (C=O) groups excluding carboxylic acids is 1. The molecule has 2 heteroatoms. The topological polar surface area (TPSA) is 43.1 Å². The van der Waals surface area contributed by atoms with Gasteiger partial charge in [0, 0.05) is 5.56 Å². The maximum Gasteiger partial charge on any atom is 0.248 e. The van der Waals surface area contributed by atoms with Crippen molar-refractivity contribution < 1.29 is 4.79 Å². The third-order valence-electron chi connectivity index (χ3n) is 5.46. The van der Waals surface area contributed by atoms with Gasteiger partial charge >= 0.3 is 0 Å². The minimum absolute atomic E-state index is 0.374. The van der Waals surface area contributed by atoms with Crippen LogP contribution in [0.25, 0.3) is 11.1 Å². The molecule has 0 radical (unpaired) electrons. The molecule has 0 aliphatic heterocycles. The Bertz CT molecular complexity index is 701. The van der Waals surface area contributed by atoms with Crippen molar-refractivity contribution in [1.29, 1.82) is 0 Å². The number of nitrogens with two attached hydrogens (primary N) is 1. The molecule has 1 saturated carbocycles. The van der Waals surface area contributed by atoms with Gasteiger partial charge in [0.25, 0.3) is 0 Å². The van der Waals surface area contributed by atoms with Crippen molar-refractivity contribution in [2.75, 3.05) is 0 Å². The lowest BCUT2D eigenvalue weighted by Gasteiger charge is -2.21. The summed E-state index contributed by atoms with van der Waals surface area (Å²) < 4.78 is 0. The quantitative estimate of drug-likeness (QED) is 0.644. The van der Waals surface area contributed by atoms with Gasteiger partial charge in [-0.3, -0.25) is 4.79 Å². The Labute approximate surface area is 151 Å². The van der Waals surface area contributed by atoms with E-state index in [-0.39, 0.29) is 5.91 Å². The van der Waals surface area contributed by atoms with Crippen molar-refractivity contribution in [3.8, 4) is 11.1 Å². The van der Waals surface area contributed by atoms with E-state index in [1.807, 2.05) is 18.2 Å². The molecule has 1 amide bonds. The number of amides is 1. The Morgan fingerprint density at radius 1 is 0.920 bits per heavy atom. The summed E-state index contributed by atoms with van der Waals surface area (Å²) in [6.45, 7) is 0. The zero-order valence-electron chi connectivity index (χ0n) is 15.0. The second-order valence-electron chi connectivity index (χ2n) is 7.40. The van der Waals surface area contributed by atoms with Crippen molar-refractivity contribution >= 4 is 5.91 Å². The Kier molecular flexibility index (Phi) is 6.27. The predicted molar refractivity (Wildman–Crippen MR) is 105 cm³/mol. The summed E-state index contributed by atoms with van der Waals surface area (Å²) in [6.07, 6.45) is 12.4. The fourth-order valence-electron chi connectivity index (χ4n) is 4.00. The van der Waals surface area contributed by atoms with Gasteiger partial charge in [-0.1, -0.05) is 81.3 Å². The first kappa shape index (κ1) is 17.7. The van der Waals surface area contributed by atoms with E-state index in [1.54, 1.807) is 6.07 Å². The van der Waals surface area contributed by atoms with Crippen molar-refractivity contribution in [3.63, 3.8) is 0 Å². The molecule has 0 saturated heterocycles. The van der Waals surface area contributed by atoms with Gasteiger partial charge in [0.15, 0.2) is 0 Å². The Morgan fingerprint density at radius 3 is 2.40 bits per heavy atom. The van der Waals surface area contributed by atoms with E-state index in [2.05, 4.69) is 24.3 Å². The predicted octanol–water partition coefficient (Wildman–Crippen LogP) is 5.75. The number of unbranched alkanes of at least 4 members (excludes halogenated alkanes) is 1. The van der Waals surface area contributed by atoms with Crippen LogP contribution in [0.4, 0.5) is 0 Å². The lowest BCUT2D eigenvalue weighted by molar-refractivity contribution is 0.100. The standard InChI is InChI=1S/C23H29NO/c24-23(25)22-15-7-14-21(17-22)20-13-6-12-19(16-20)11-5-4-10-18-8-2-1-3-9-18/h6-7,12-18H,1-5,8-11H2,(H2,24,25). The van der Waals surface area contributed by atoms with Crippen LogP contribution in [0.1, 0.15) is 67.3 Å². The second-order valence-corrected chi connectivity index (χ2v) is 7.40. The summed E-state index contributed by atoms with van der Waals surface area (Å²) in [5.41, 5.74) is 9.56. The molecule has 0 heterocycles. The molecule has 3 rings (SSSR count). The van der Waals surface area contributed by atoms with Gasteiger partial charge in [-0.15, -0.1) is 0 Å². The van der Waals surface area contributed by atoms with Crippen molar-refractivity contribution in [2.24, 2.45) is 11.7 Å². The van der Waals surface area contributed by atoms with Gasteiger partial charge in [0.05, 0.1) is 0 Å². The van der Waals surface area contributed by atoms with Crippen molar-refractivity contribution in [3.05, 3.63) is 59.7 Å². The average molecular weight is 335 g/mol. The fraction of sp³-hybridized carbons (Fsp3) is 0.435. The highest BCUT2D eigenvalue weighted by atomic mass is 16.1. The number of primary amides is 1. The molecule has 1 aliphatic rings. The van der Waals surface area contributed by atoms with Crippen LogP contribution in [0.3, 0.4) is 0 Å². The van der Waals surface area contributed by atoms with Crippen LogP contribution in [-0.2, 0) is 6.42 Å². The number of hydrogen-bond acceptors (Lipinski definition) is 1. The van der Waals surface area contributed by atoms with Gasteiger partial charge in [0.1, 0.15) is 0 Å². The lowest BCUT2D eigenvalue weighted by Crippen LogP contribution is -2.10. The summed E-state index contributed by atoms with van der Waals surface area (Å²) in [5, 5.41) is 0. The van der Waals surface area contributed by atoms with E-state index >= 15 is 0 Å². The number of carbonyl (C=O) groups is 1. The normalized spacial score (nSPS) is 15.2. The average Bonchev–Trinajstić information content (AvgIpc) is 2.66. The zero-order valence-corrected chi connectivity index (χ0v) is 15.0. The molecule has 0 spiro atoms. The van der Waals surface area contributed by atoms with Gasteiger partial charge < -0.3 is 5.73 Å². The molecule has 1 aliphatic carbocycles. The van der Waals surface area contributed by atoms with Gasteiger partial charge in [-0.25, -0.2) is 0 Å². The summed E-state index contributed by atoms with van der Waals surface area (Å²) in [7, 11) is 0. The molecule has 0 atom stereocenters. The van der Waals surface area contributed by atoms with E-state index in [9.17, 15) is 4.79 Å². The van der Waals surface area contributed by atoms with E-state index < -0.39 is 0 Å². The summed E-state index contributed by atoms with van der Waals surface area (Å²) >= 11 is 0. The molecule has 132 valence electrons. The van der Waals surface area contributed by atoms with Gasteiger partial charge in [-0.05, 0) is 47.6 Å². The number of hydrogen-bond donors (Lipinski definition) is 1. The number of benzene rings is 2. The maximum absolute atomic E-state index is 11.4. The molecule has 25 heavy (non-hydrogen) atoms. The molecular weight excluding hydrogens is 306 g/mol. The first-order valence-corrected chi connectivity index (χ1v) is 9.71. The molecule has 2 aromatic rings. The van der Waals surface area contributed by atoms with Crippen LogP contribution >= 0.6 is 0 Å². The minimum atomic E-state index is -0.374. The van der Waals surface area contributed by atoms with E-state index in [0.717, 1.165) is 23.5 Å². The smallest absolute Gasteiger partial charge is 0.248 e. The first-order chi connectivity index (χ1) is 12.2. The molecule has 2 aromatic carbocycles. The number of rotatable bonds is 7. The molecule has 0 bridgehead atoms. The Morgan fingerprint density at radius 2 is 1.64 bits per heavy atom. The zero-order chi connectivity index (χ0) is 17.5.